The van der Waals surface area contributed by atoms with E-state index in [-0.39, 0.29) is 0 Å². The highest BCUT2D eigenvalue weighted by Gasteiger charge is 2.71. The summed E-state index contributed by atoms with van der Waals surface area (Å²) in [5.41, 5.74) is 4.17. The molecular formula is C51H123N7Si6. The molecule has 0 heterocycles. The topological polar surface area (TPSA) is 22.7 Å². The lowest BCUT2D eigenvalue weighted by Crippen LogP contribution is -2.97. The predicted octanol–water partition coefficient (Wildman–Crippen LogP) is 8.76. The van der Waals surface area contributed by atoms with Crippen molar-refractivity contribution >= 4 is 56.4 Å². The van der Waals surface area contributed by atoms with Crippen molar-refractivity contribution in [3.63, 3.8) is 0 Å². The van der Waals surface area contributed by atoms with Crippen molar-refractivity contribution in [2.45, 2.75) is 183 Å². The molecular weight excluding hydrogens is 879 g/mol. The summed E-state index contributed by atoms with van der Waals surface area (Å²) in [6.45, 7) is 76.0. The molecule has 0 aliphatic carbocycles. The molecule has 0 spiro atoms. The Morgan fingerprint density at radius 2 is 0.312 bits per heavy atom. The van der Waals surface area contributed by atoms with Crippen LogP contribution in [0, 0.1) is 71.0 Å². The van der Waals surface area contributed by atoms with Crippen LogP contribution in [0.4, 0.5) is 0 Å². The summed E-state index contributed by atoms with van der Waals surface area (Å²) in [4.78, 5) is 0. The molecule has 0 unspecified atom stereocenters. The Labute approximate surface area is 418 Å². The Morgan fingerprint density at radius 3 is 0.375 bits per heavy atom. The summed E-state index contributed by atoms with van der Waals surface area (Å²) in [6, 6.07) is 0. The molecule has 0 aromatic carbocycles. The molecule has 0 saturated heterocycles. The summed E-state index contributed by atoms with van der Waals surface area (Å²) in [7, 11) is -4.82. The number of hydrogen-bond donors (Lipinski definition) is 0. The Hall–Kier alpha value is 1.02. The van der Waals surface area contributed by atoms with E-state index in [1.807, 2.05) is 0 Å². The first-order valence-electron chi connectivity index (χ1n) is 27.7. The van der Waals surface area contributed by atoms with E-state index < -0.39 is 25.7 Å². The van der Waals surface area contributed by atoms with Crippen LogP contribution >= 0.6 is 0 Å². The molecule has 64 heavy (non-hydrogen) atoms. The van der Waals surface area contributed by atoms with Gasteiger partial charge in [-0.2, -0.15) is 0 Å². The van der Waals surface area contributed by atoms with Crippen LogP contribution in [0.15, 0.2) is 0 Å². The third-order valence-corrected chi connectivity index (χ3v) is 40.8. The van der Waals surface area contributed by atoms with E-state index >= 15 is 0 Å². The van der Waals surface area contributed by atoms with E-state index in [9.17, 15) is 0 Å². The van der Waals surface area contributed by atoms with Gasteiger partial charge in [-0.3, -0.25) is 31.3 Å². The summed E-state index contributed by atoms with van der Waals surface area (Å²) >= 11 is 0. The zero-order valence-electron chi connectivity index (χ0n) is 49.2. The van der Waals surface area contributed by atoms with Crippen LogP contribution in [0.2, 0.25) is 17.0 Å². The molecule has 0 bridgehead atoms. The van der Waals surface area contributed by atoms with Crippen LogP contribution < -0.4 is 0 Å². The molecule has 0 fully saturated rings. The molecule has 0 radical (unpaired) electrons. The van der Waals surface area contributed by atoms with Gasteiger partial charge in [-0.05, 0) is 167 Å². The first-order valence-corrected chi connectivity index (χ1v) is 38.1. The highest BCUT2D eigenvalue weighted by molar-refractivity contribution is 7.05. The van der Waals surface area contributed by atoms with Gasteiger partial charge in [-0.25, -0.2) is 0 Å². The van der Waals surface area contributed by atoms with Crippen LogP contribution in [-0.2, 0) is 0 Å². The van der Waals surface area contributed by atoms with E-state index in [0.29, 0.717) is 71.0 Å². The lowest BCUT2D eigenvalue weighted by atomic mass is 10.2. The van der Waals surface area contributed by atoms with Gasteiger partial charge >= 0.3 is 0 Å². The molecule has 13 heteroatoms. The molecule has 0 aromatic heterocycles. The fourth-order valence-electron chi connectivity index (χ4n) is 11.6. The lowest BCUT2D eigenvalue weighted by molar-refractivity contribution is 0.173. The van der Waals surface area contributed by atoms with E-state index in [0.717, 1.165) is 0 Å². The zero-order chi connectivity index (χ0) is 50.1. The average Bonchev–Trinajstić information content (AvgIpc) is 3.09. The molecule has 0 rings (SSSR count). The smallest absolute Gasteiger partial charge is 0.276 e. The Kier molecular flexibility index (Phi) is 31.2. The van der Waals surface area contributed by atoms with E-state index in [4.69, 9.17) is 0 Å². The van der Waals surface area contributed by atoms with Crippen LogP contribution in [0.25, 0.3) is 0 Å². The van der Waals surface area contributed by atoms with Crippen molar-refractivity contribution in [1.29, 1.82) is 0 Å². The molecule has 0 aliphatic rings. The maximum absolute atomic E-state index is 3.94. The Balaban J connectivity index is 11.0. The Bertz CT molecular complexity index is 923. The third kappa shape index (κ3) is 19.3. The SMILES string of the molecule is CC(C)CN(CC(C)C)[Si](C[SiH3])(N(CC(C)C)CC(C)C)N([Si](C[SiH3])(N(CC(C)C)CC(C)C)N(CC(C)C)CC(C)C)[Si](C[SiH3])(N(CC(C)C)CC(C)C)N(CC(C)C)CC(C)C. The number of hydrogen-bond acceptors (Lipinski definition) is 7. The van der Waals surface area contributed by atoms with E-state index in [1.54, 1.807) is 0 Å². The number of rotatable bonds is 36. The quantitative estimate of drug-likeness (QED) is 0.0579. The Morgan fingerprint density at radius 1 is 0.219 bits per heavy atom. The second kappa shape index (κ2) is 30.7. The van der Waals surface area contributed by atoms with Gasteiger partial charge in [0, 0.05) is 30.7 Å². The van der Waals surface area contributed by atoms with Crippen molar-refractivity contribution in [3.8, 4) is 0 Å². The molecule has 0 N–H and O–H groups in total. The zero-order valence-corrected chi connectivity index (χ0v) is 58.2. The van der Waals surface area contributed by atoms with Gasteiger partial charge in [0.1, 0.15) is 0 Å². The normalized spacial score (nSPS) is 14.5. The first kappa shape index (κ1) is 65.0. The van der Waals surface area contributed by atoms with Crippen LogP contribution in [-0.4, -0.2) is 166 Å². The molecule has 7 nitrogen and oxygen atoms in total. The predicted molar refractivity (Wildman–Crippen MR) is 311 cm³/mol. The van der Waals surface area contributed by atoms with Crippen molar-refractivity contribution < 1.29 is 0 Å². The van der Waals surface area contributed by atoms with Gasteiger partial charge in [0.2, 0.25) is 0 Å². The maximum Gasteiger partial charge on any atom is 0.276 e. The van der Waals surface area contributed by atoms with Crippen LogP contribution in [0.3, 0.4) is 0 Å². The molecule has 0 aliphatic heterocycles. The fourth-order valence-corrected chi connectivity index (χ4v) is 57.4. The monoisotopic (exact) mass is 1000 g/mol. The van der Waals surface area contributed by atoms with Crippen LogP contribution in [0.5, 0.6) is 0 Å². The standard InChI is InChI=1S/C51H123N7Si6/c1-40(2)25-52(26-41(3)4)62(37-59,53(27-42(5)6)28-43(7)8)58(63(38-60,54(29-44(9)10)30-45(11)12)55(31-46(13)14)32-47(15)16)64(39-61,56(33-48(17)18)34-49(19)20)57(35-50(21)22)36-51(23)24/h40-51H,25-39H2,1-24,59-61H3. The van der Waals surface area contributed by atoms with Gasteiger partial charge < -0.3 is 0 Å². The van der Waals surface area contributed by atoms with E-state index in [2.05, 4.69) is 197 Å². The second-order valence-electron chi connectivity index (χ2n) is 25.9. The van der Waals surface area contributed by atoms with Crippen molar-refractivity contribution in [1.82, 2.24) is 31.3 Å². The van der Waals surface area contributed by atoms with Gasteiger partial charge in [0.15, 0.2) is 0 Å². The average molecular weight is 1000 g/mol. The van der Waals surface area contributed by atoms with Crippen molar-refractivity contribution in [2.75, 3.05) is 78.5 Å². The summed E-state index contributed by atoms with van der Waals surface area (Å²) in [5, 5.41) is 0. The largest absolute Gasteiger partial charge is 0.300 e. The summed E-state index contributed by atoms with van der Waals surface area (Å²) in [6.07, 6.45) is 0. The molecule has 0 atom stereocenters. The lowest BCUT2D eigenvalue weighted by Gasteiger charge is -2.72. The minimum absolute atomic E-state index is 0.606. The van der Waals surface area contributed by atoms with Crippen molar-refractivity contribution in [2.24, 2.45) is 71.0 Å². The van der Waals surface area contributed by atoms with Gasteiger partial charge in [0.05, 0.1) is 0 Å². The van der Waals surface area contributed by atoms with Gasteiger partial charge in [-0.15, -0.1) is 0 Å². The minimum Gasteiger partial charge on any atom is -0.300 e. The van der Waals surface area contributed by atoms with Gasteiger partial charge in [-0.1, -0.05) is 166 Å². The molecule has 0 amide bonds. The minimum atomic E-state index is -2.82. The highest BCUT2D eigenvalue weighted by Crippen LogP contribution is 2.45. The highest BCUT2D eigenvalue weighted by atomic mass is 28.5. The maximum atomic E-state index is 3.94. The second-order valence-corrected chi connectivity index (χ2v) is 45.5. The van der Waals surface area contributed by atoms with E-state index in [1.165, 1.54) is 126 Å². The third-order valence-electron chi connectivity index (χ3n) is 12.6. The number of nitrogens with zero attached hydrogens (tertiary/aromatic N) is 7. The van der Waals surface area contributed by atoms with Crippen LogP contribution in [0.1, 0.15) is 166 Å². The van der Waals surface area contributed by atoms with Crippen molar-refractivity contribution in [3.05, 3.63) is 0 Å². The summed E-state index contributed by atoms with van der Waals surface area (Å²) < 4.78 is 24.3. The molecule has 0 saturated carbocycles. The molecule has 386 valence electrons. The first-order chi connectivity index (χ1) is 29.4. The van der Waals surface area contributed by atoms with Gasteiger partial charge in [0.25, 0.3) is 25.7 Å². The summed E-state index contributed by atoms with van der Waals surface area (Å²) in [5.74, 6) is 7.27. The fraction of sp³-hybridized carbons (Fsp3) is 1.00. The molecule has 0 aromatic rings.